The second kappa shape index (κ2) is 4.99. The summed E-state index contributed by atoms with van der Waals surface area (Å²) in [7, 11) is 0. The Hall–Kier alpha value is -2.73. The van der Waals surface area contributed by atoms with Crippen LogP contribution in [-0.4, -0.2) is 24.9 Å². The van der Waals surface area contributed by atoms with E-state index in [-0.39, 0.29) is 0 Å². The van der Waals surface area contributed by atoms with Gasteiger partial charge >= 0.3 is 0 Å². The summed E-state index contributed by atoms with van der Waals surface area (Å²) in [6, 6.07) is 6.02. The van der Waals surface area contributed by atoms with Crippen LogP contribution in [0.1, 0.15) is 0 Å². The molecule has 0 aliphatic carbocycles. The van der Waals surface area contributed by atoms with E-state index >= 15 is 0 Å². The number of hydrogen-bond donors (Lipinski definition) is 2. The van der Waals surface area contributed by atoms with E-state index in [4.69, 9.17) is 0 Å². The van der Waals surface area contributed by atoms with Gasteiger partial charge in [0.15, 0.2) is 5.82 Å². The zero-order chi connectivity index (χ0) is 14.1. The summed E-state index contributed by atoms with van der Waals surface area (Å²) >= 11 is 1.59. The Morgan fingerprint density at radius 3 is 2.62 bits per heavy atom. The summed E-state index contributed by atoms with van der Waals surface area (Å²) in [6.07, 6.45) is 9.03. The van der Waals surface area contributed by atoms with Gasteiger partial charge in [-0.1, -0.05) is 0 Å². The van der Waals surface area contributed by atoms with Gasteiger partial charge in [-0.15, -0.1) is 11.3 Å². The van der Waals surface area contributed by atoms with Gasteiger partial charge in [0.05, 0.1) is 0 Å². The Bertz CT molecular complexity index is 780. The summed E-state index contributed by atoms with van der Waals surface area (Å²) in [6.45, 7) is 0. The number of aromatic nitrogens is 5. The summed E-state index contributed by atoms with van der Waals surface area (Å²) in [5.41, 5.74) is 3.90. The lowest BCUT2D eigenvalue weighted by Crippen LogP contribution is -1.94. The minimum atomic E-state index is 0.744. The number of imidazole rings is 1. The van der Waals surface area contributed by atoms with Gasteiger partial charge in [0.1, 0.15) is 10.7 Å². The molecule has 0 amide bonds. The highest BCUT2D eigenvalue weighted by Crippen LogP contribution is 2.37. The van der Waals surface area contributed by atoms with Crippen LogP contribution in [0.25, 0.3) is 33.3 Å². The Morgan fingerprint density at radius 1 is 0.905 bits per heavy atom. The highest BCUT2D eigenvalue weighted by molar-refractivity contribution is 7.13. The van der Waals surface area contributed by atoms with Gasteiger partial charge in [-0.05, 0) is 18.2 Å². The predicted molar refractivity (Wildman–Crippen MR) is 82.7 cm³/mol. The van der Waals surface area contributed by atoms with Gasteiger partial charge in [0.2, 0.25) is 0 Å². The molecule has 0 unspecified atom stereocenters. The van der Waals surface area contributed by atoms with E-state index < -0.39 is 0 Å². The van der Waals surface area contributed by atoms with Crippen molar-refractivity contribution >= 4 is 11.3 Å². The third-order valence-corrected chi connectivity index (χ3v) is 4.00. The monoisotopic (exact) mass is 293 g/mol. The number of hydrogen-bond acceptors (Lipinski definition) is 4. The highest BCUT2D eigenvalue weighted by atomic mass is 32.1. The number of nitrogens with one attached hydrogen (secondary N) is 2. The molecular formula is C15H11N5S. The second-order valence-corrected chi connectivity index (χ2v) is 5.34. The maximum absolute atomic E-state index is 4.51. The number of pyridine rings is 1. The molecule has 4 aromatic heterocycles. The lowest BCUT2D eigenvalue weighted by atomic mass is 10.0. The molecule has 6 heteroatoms. The average molecular weight is 293 g/mol. The molecule has 4 heterocycles. The Morgan fingerprint density at radius 2 is 1.90 bits per heavy atom. The first-order valence-corrected chi connectivity index (χ1v) is 7.34. The van der Waals surface area contributed by atoms with Crippen LogP contribution in [0.15, 0.2) is 54.6 Å². The van der Waals surface area contributed by atoms with E-state index in [0.29, 0.717) is 0 Å². The first kappa shape index (κ1) is 12.0. The zero-order valence-electron chi connectivity index (χ0n) is 10.9. The van der Waals surface area contributed by atoms with Crippen molar-refractivity contribution in [2.24, 2.45) is 0 Å². The molecule has 0 spiro atoms. The van der Waals surface area contributed by atoms with Crippen LogP contribution < -0.4 is 0 Å². The number of thiazole rings is 1. The van der Waals surface area contributed by atoms with E-state index in [9.17, 15) is 0 Å². The van der Waals surface area contributed by atoms with Crippen LogP contribution in [0.5, 0.6) is 0 Å². The van der Waals surface area contributed by atoms with E-state index in [1.165, 1.54) is 0 Å². The van der Waals surface area contributed by atoms with Gasteiger partial charge < -0.3 is 9.97 Å². The first-order chi connectivity index (χ1) is 10.4. The van der Waals surface area contributed by atoms with Crippen LogP contribution >= 0.6 is 11.3 Å². The third-order valence-electron chi connectivity index (χ3n) is 3.21. The highest BCUT2D eigenvalue weighted by Gasteiger charge is 2.18. The van der Waals surface area contributed by atoms with E-state index in [1.54, 1.807) is 36.1 Å². The fourth-order valence-electron chi connectivity index (χ4n) is 2.32. The summed E-state index contributed by atoms with van der Waals surface area (Å²) in [5, 5.41) is 2.89. The van der Waals surface area contributed by atoms with Crippen molar-refractivity contribution in [1.82, 2.24) is 24.9 Å². The van der Waals surface area contributed by atoms with E-state index in [2.05, 4.69) is 24.9 Å². The normalized spacial score (nSPS) is 10.9. The van der Waals surface area contributed by atoms with Crippen molar-refractivity contribution in [2.45, 2.75) is 0 Å². The fourth-order valence-corrected chi connectivity index (χ4v) is 3.02. The van der Waals surface area contributed by atoms with Gasteiger partial charge in [-0.2, -0.15) is 0 Å². The second-order valence-electron chi connectivity index (χ2n) is 4.44. The van der Waals surface area contributed by atoms with Crippen molar-refractivity contribution < 1.29 is 0 Å². The lowest BCUT2D eigenvalue weighted by Gasteiger charge is -2.09. The number of H-pyrrole nitrogens is 2. The number of rotatable bonds is 3. The zero-order valence-corrected chi connectivity index (χ0v) is 11.8. The molecule has 0 atom stereocenters. The fraction of sp³-hybridized carbons (Fsp3) is 0. The minimum absolute atomic E-state index is 0.744. The van der Waals surface area contributed by atoms with Crippen molar-refractivity contribution in [3.8, 4) is 33.3 Å². The maximum atomic E-state index is 4.51. The van der Waals surface area contributed by atoms with Gasteiger partial charge in [-0.3, -0.25) is 4.98 Å². The molecule has 2 N–H and O–H groups in total. The lowest BCUT2D eigenvalue weighted by molar-refractivity contribution is 1.22. The molecule has 4 aromatic rings. The quantitative estimate of drug-likeness (QED) is 0.606. The number of aromatic amines is 2. The van der Waals surface area contributed by atoms with Crippen molar-refractivity contribution in [3.63, 3.8) is 0 Å². The first-order valence-electron chi connectivity index (χ1n) is 6.46. The molecule has 5 nitrogen and oxygen atoms in total. The van der Waals surface area contributed by atoms with Crippen LogP contribution in [0, 0.1) is 0 Å². The average Bonchev–Trinajstić information content (AvgIpc) is 3.28. The van der Waals surface area contributed by atoms with Crippen LogP contribution in [-0.2, 0) is 0 Å². The smallest absolute Gasteiger partial charge is 0.156 e. The Kier molecular flexibility index (Phi) is 2.86. The third kappa shape index (κ3) is 2.05. The molecule has 0 radical (unpaired) electrons. The van der Waals surface area contributed by atoms with Crippen LogP contribution in [0.3, 0.4) is 0 Å². The van der Waals surface area contributed by atoms with Crippen LogP contribution in [0.2, 0.25) is 0 Å². The molecule has 102 valence electrons. The molecule has 0 saturated carbocycles. The SMILES string of the molecule is c1c[nH]c(-c2ccnc(-c3ncc[nH]3)c2-c2nccs2)c1. The summed E-state index contributed by atoms with van der Waals surface area (Å²) < 4.78 is 0. The summed E-state index contributed by atoms with van der Waals surface area (Å²) in [5.74, 6) is 0.744. The molecule has 21 heavy (non-hydrogen) atoms. The predicted octanol–water partition coefficient (Wildman–Crippen LogP) is 3.59. The summed E-state index contributed by atoms with van der Waals surface area (Å²) in [4.78, 5) is 19.7. The minimum Gasteiger partial charge on any atom is -0.361 e. The van der Waals surface area contributed by atoms with E-state index in [1.807, 2.05) is 29.8 Å². The number of nitrogens with zero attached hydrogens (tertiary/aromatic N) is 3. The Labute approximate surface area is 124 Å². The molecule has 0 aliphatic rings. The standard InChI is InChI=1S/C15H11N5S/c1-2-11(16-4-1)10-3-5-17-13(14-18-6-7-19-14)12(10)15-20-8-9-21-15/h1-9,16H,(H,18,19). The molecule has 0 saturated heterocycles. The topological polar surface area (TPSA) is 70.2 Å². The van der Waals surface area contributed by atoms with Gasteiger partial charge in [0.25, 0.3) is 0 Å². The van der Waals surface area contributed by atoms with Gasteiger partial charge in [0, 0.05) is 53.2 Å². The van der Waals surface area contributed by atoms with Crippen molar-refractivity contribution in [1.29, 1.82) is 0 Å². The van der Waals surface area contributed by atoms with Crippen molar-refractivity contribution in [3.05, 3.63) is 54.6 Å². The Balaban J connectivity index is 2.03. The molecule has 0 fully saturated rings. The molecular weight excluding hydrogens is 282 g/mol. The van der Waals surface area contributed by atoms with E-state index in [0.717, 1.165) is 33.3 Å². The molecule has 0 aromatic carbocycles. The molecule has 4 rings (SSSR count). The molecule has 0 bridgehead atoms. The van der Waals surface area contributed by atoms with Crippen LogP contribution in [0.4, 0.5) is 0 Å². The van der Waals surface area contributed by atoms with Gasteiger partial charge in [-0.25, -0.2) is 9.97 Å². The maximum Gasteiger partial charge on any atom is 0.156 e. The largest absolute Gasteiger partial charge is 0.361 e. The molecule has 0 aliphatic heterocycles. The van der Waals surface area contributed by atoms with Crippen molar-refractivity contribution in [2.75, 3.05) is 0 Å².